The molecule has 1 aliphatic carbocycles. The predicted molar refractivity (Wildman–Crippen MR) is 121 cm³/mol. The molecule has 4 rings (SSSR count). The van der Waals surface area contributed by atoms with Gasteiger partial charge in [0.05, 0.1) is 17.8 Å². The summed E-state index contributed by atoms with van der Waals surface area (Å²) in [6.45, 7) is 8.41. The number of carbonyl (C=O) groups excluding carboxylic acids is 1. The minimum Gasteiger partial charge on any atom is -0.343 e. The van der Waals surface area contributed by atoms with E-state index in [0.29, 0.717) is 23.6 Å². The largest absolute Gasteiger partial charge is 0.343 e. The number of carbonyl (C=O) groups is 1. The third-order valence-electron chi connectivity index (χ3n) is 6.16. The number of hydrogen-bond acceptors (Lipinski definition) is 4. The summed E-state index contributed by atoms with van der Waals surface area (Å²) in [5.74, 6) is 1.06. The molecule has 1 aromatic heterocycles. The molecule has 1 amide bonds. The second-order valence-electron chi connectivity index (χ2n) is 9.08. The molecule has 1 aliphatic heterocycles. The molecule has 2 fully saturated rings. The molecule has 1 unspecified atom stereocenters. The van der Waals surface area contributed by atoms with Crippen LogP contribution in [0.5, 0.6) is 0 Å². The Kier molecular flexibility index (Phi) is 7.53. The number of piperidine rings is 1. The molecule has 1 saturated carbocycles. The van der Waals surface area contributed by atoms with Crippen molar-refractivity contribution in [2.45, 2.75) is 65.0 Å². The summed E-state index contributed by atoms with van der Waals surface area (Å²) in [5, 5.41) is 15.2. The highest BCUT2D eigenvalue weighted by atomic mass is 35.5. The highest BCUT2D eigenvalue weighted by Gasteiger charge is 2.34. The van der Waals surface area contributed by atoms with E-state index in [1.165, 1.54) is 24.0 Å². The Labute approximate surface area is 185 Å². The zero-order valence-corrected chi connectivity index (χ0v) is 19.0. The summed E-state index contributed by atoms with van der Waals surface area (Å²) in [5.41, 5.74) is 3.88. The summed E-state index contributed by atoms with van der Waals surface area (Å²) < 4.78 is 1.95. The van der Waals surface area contributed by atoms with E-state index in [1.807, 2.05) is 11.6 Å². The van der Waals surface area contributed by atoms with Gasteiger partial charge < -0.3 is 10.6 Å². The Bertz CT molecular complexity index is 838. The topological polar surface area (TPSA) is 71.8 Å². The van der Waals surface area contributed by atoms with Gasteiger partial charge in [-0.2, -0.15) is 0 Å². The molecule has 2 aliphatic rings. The van der Waals surface area contributed by atoms with Gasteiger partial charge in [-0.3, -0.25) is 4.79 Å². The lowest BCUT2D eigenvalue weighted by atomic mass is 9.97. The molecule has 30 heavy (non-hydrogen) atoms. The first-order valence-corrected chi connectivity index (χ1v) is 11.0. The summed E-state index contributed by atoms with van der Waals surface area (Å²) in [6.07, 6.45) is 5.47. The SMILES string of the molecule is Cc1c(C(=O)NC(c2ccc(CC(C)C)cc2)C2CC2)nnn1C1CCNCC1.Cl. The summed E-state index contributed by atoms with van der Waals surface area (Å²) in [7, 11) is 0. The number of nitrogens with zero attached hydrogens (tertiary/aromatic N) is 3. The molecular formula is C23H34ClN5O. The first-order chi connectivity index (χ1) is 14.0. The van der Waals surface area contributed by atoms with E-state index in [-0.39, 0.29) is 24.4 Å². The van der Waals surface area contributed by atoms with Gasteiger partial charge in [-0.25, -0.2) is 4.68 Å². The van der Waals surface area contributed by atoms with Crippen LogP contribution in [0, 0.1) is 18.8 Å². The van der Waals surface area contributed by atoms with Gasteiger partial charge in [0.25, 0.3) is 5.91 Å². The normalized spacial score (nSPS) is 18.1. The van der Waals surface area contributed by atoms with Crippen molar-refractivity contribution >= 4 is 18.3 Å². The Hall–Kier alpha value is -1.92. The third kappa shape index (κ3) is 5.22. The smallest absolute Gasteiger partial charge is 0.274 e. The number of benzene rings is 1. The summed E-state index contributed by atoms with van der Waals surface area (Å²) >= 11 is 0. The van der Waals surface area contributed by atoms with Crippen LogP contribution in [0.25, 0.3) is 0 Å². The first-order valence-electron chi connectivity index (χ1n) is 11.0. The molecule has 1 atom stereocenters. The molecule has 2 aromatic rings. The number of nitrogens with one attached hydrogen (secondary N) is 2. The molecule has 2 heterocycles. The maximum atomic E-state index is 13.1. The van der Waals surface area contributed by atoms with E-state index in [4.69, 9.17) is 0 Å². The number of rotatable bonds is 7. The highest BCUT2D eigenvalue weighted by molar-refractivity contribution is 5.93. The monoisotopic (exact) mass is 431 g/mol. The van der Waals surface area contributed by atoms with Crippen LogP contribution in [0.1, 0.15) is 78.9 Å². The minimum absolute atomic E-state index is 0. The number of aromatic nitrogens is 3. The van der Waals surface area contributed by atoms with Crippen molar-refractivity contribution in [2.24, 2.45) is 11.8 Å². The van der Waals surface area contributed by atoms with Crippen LogP contribution in [0.4, 0.5) is 0 Å². The Morgan fingerprint density at radius 1 is 1.17 bits per heavy atom. The van der Waals surface area contributed by atoms with E-state index < -0.39 is 0 Å². The third-order valence-corrected chi connectivity index (χ3v) is 6.16. The fraction of sp³-hybridized carbons (Fsp3) is 0.609. The Balaban J connectivity index is 0.00000256. The van der Waals surface area contributed by atoms with Gasteiger partial charge in [0.2, 0.25) is 0 Å². The molecule has 0 spiro atoms. The molecule has 6 nitrogen and oxygen atoms in total. The molecule has 1 saturated heterocycles. The molecule has 0 radical (unpaired) electrons. The lowest BCUT2D eigenvalue weighted by Crippen LogP contribution is -2.31. The van der Waals surface area contributed by atoms with Crippen LogP contribution in [0.3, 0.4) is 0 Å². The molecular weight excluding hydrogens is 398 g/mol. The van der Waals surface area contributed by atoms with Gasteiger partial charge in [-0.15, -0.1) is 17.5 Å². The van der Waals surface area contributed by atoms with E-state index >= 15 is 0 Å². The van der Waals surface area contributed by atoms with Gasteiger partial charge in [-0.1, -0.05) is 43.3 Å². The van der Waals surface area contributed by atoms with E-state index in [1.54, 1.807) is 0 Å². The number of amides is 1. The predicted octanol–water partition coefficient (Wildman–Crippen LogP) is 4.01. The number of halogens is 1. The van der Waals surface area contributed by atoms with Crippen LogP contribution in [0.15, 0.2) is 24.3 Å². The average molecular weight is 432 g/mol. The zero-order valence-electron chi connectivity index (χ0n) is 18.2. The second kappa shape index (κ2) is 9.92. The van der Waals surface area contributed by atoms with Gasteiger partial charge in [0.1, 0.15) is 0 Å². The maximum Gasteiger partial charge on any atom is 0.274 e. The molecule has 164 valence electrons. The van der Waals surface area contributed by atoms with Gasteiger partial charge in [0.15, 0.2) is 5.69 Å². The van der Waals surface area contributed by atoms with Crippen molar-refractivity contribution < 1.29 is 4.79 Å². The lowest BCUT2D eigenvalue weighted by molar-refractivity contribution is 0.0925. The van der Waals surface area contributed by atoms with E-state index in [0.717, 1.165) is 38.0 Å². The van der Waals surface area contributed by atoms with E-state index in [2.05, 4.69) is 59.1 Å². The van der Waals surface area contributed by atoms with Crippen molar-refractivity contribution in [1.82, 2.24) is 25.6 Å². The fourth-order valence-electron chi connectivity index (χ4n) is 4.39. The van der Waals surface area contributed by atoms with Gasteiger partial charge in [-0.05, 0) is 75.1 Å². The average Bonchev–Trinajstić information content (AvgIpc) is 3.48. The quantitative estimate of drug-likeness (QED) is 0.694. The van der Waals surface area contributed by atoms with E-state index in [9.17, 15) is 4.79 Å². The van der Waals surface area contributed by atoms with Gasteiger partial charge in [0, 0.05) is 0 Å². The molecule has 7 heteroatoms. The van der Waals surface area contributed by atoms with Crippen LogP contribution in [0.2, 0.25) is 0 Å². The lowest BCUT2D eigenvalue weighted by Gasteiger charge is -2.23. The van der Waals surface area contributed by atoms with Crippen LogP contribution in [-0.2, 0) is 6.42 Å². The minimum atomic E-state index is -0.106. The zero-order chi connectivity index (χ0) is 20.4. The van der Waals surface area contributed by atoms with Crippen molar-refractivity contribution in [3.63, 3.8) is 0 Å². The maximum absolute atomic E-state index is 13.1. The summed E-state index contributed by atoms with van der Waals surface area (Å²) in [6, 6.07) is 9.15. The van der Waals surface area contributed by atoms with Crippen molar-refractivity contribution in [2.75, 3.05) is 13.1 Å². The molecule has 2 N–H and O–H groups in total. The Morgan fingerprint density at radius 2 is 1.83 bits per heavy atom. The fourth-order valence-corrected chi connectivity index (χ4v) is 4.39. The second-order valence-corrected chi connectivity index (χ2v) is 9.08. The van der Waals surface area contributed by atoms with Crippen molar-refractivity contribution in [1.29, 1.82) is 0 Å². The molecule has 1 aromatic carbocycles. The van der Waals surface area contributed by atoms with Gasteiger partial charge >= 0.3 is 0 Å². The standard InChI is InChI=1S/C23H33N5O.ClH/c1-15(2)14-17-4-6-18(7-5-17)22(19-8-9-19)25-23(29)21-16(3)28(27-26-21)20-10-12-24-13-11-20;/h4-7,15,19-20,22,24H,8-14H2,1-3H3,(H,25,29);1H. The van der Waals surface area contributed by atoms with Crippen LogP contribution in [-0.4, -0.2) is 34.0 Å². The van der Waals surface area contributed by atoms with Crippen molar-refractivity contribution in [3.05, 3.63) is 46.8 Å². The number of hydrogen-bond donors (Lipinski definition) is 2. The Morgan fingerprint density at radius 3 is 2.43 bits per heavy atom. The summed E-state index contributed by atoms with van der Waals surface area (Å²) in [4.78, 5) is 13.1. The molecule has 0 bridgehead atoms. The van der Waals surface area contributed by atoms with Crippen LogP contribution >= 0.6 is 12.4 Å². The van der Waals surface area contributed by atoms with Crippen LogP contribution < -0.4 is 10.6 Å². The van der Waals surface area contributed by atoms with Crippen molar-refractivity contribution in [3.8, 4) is 0 Å². The first kappa shape index (κ1) is 22.8. The highest BCUT2D eigenvalue weighted by Crippen LogP contribution is 2.41.